The summed E-state index contributed by atoms with van der Waals surface area (Å²) >= 11 is 0. The Kier molecular flexibility index (Phi) is 4.64. The van der Waals surface area contributed by atoms with E-state index < -0.39 is 0 Å². The normalized spacial score (nSPS) is 13.3. The van der Waals surface area contributed by atoms with E-state index in [1.807, 2.05) is 6.20 Å². The minimum atomic E-state index is 0.144. The van der Waals surface area contributed by atoms with E-state index in [1.54, 1.807) is 0 Å². The Morgan fingerprint density at radius 3 is 2.28 bits per heavy atom. The number of aryl methyl sites for hydroxylation is 1. The molecule has 2 heterocycles. The van der Waals surface area contributed by atoms with Crippen molar-refractivity contribution < 1.29 is 4.74 Å². The van der Waals surface area contributed by atoms with Crippen LogP contribution < -0.4 is 4.74 Å². The maximum Gasteiger partial charge on any atom is 0.140 e. The quantitative estimate of drug-likeness (QED) is 0.283. The van der Waals surface area contributed by atoms with Crippen molar-refractivity contribution in [2.45, 2.75) is 61.3 Å². The number of fused-ring (bicyclic) bond motifs is 3. The molecule has 0 unspecified atom stereocenters. The number of hydrogen-bond donors (Lipinski definition) is 0. The van der Waals surface area contributed by atoms with Crippen molar-refractivity contribution in [2.75, 3.05) is 0 Å². The molecule has 4 aromatic rings. The standard InChI is InChI=1S/C30H33NO/c1-18-17-31-27-23-14-20-10-8-9-11-21(20)24(16-30(5,6)7)28(23)32-25-13-19(15-29(2,3)4)12-22(18)26(25)27/h8-14,17H,15-16H2,1-7H3. The van der Waals surface area contributed by atoms with Gasteiger partial charge in [-0.3, -0.25) is 4.98 Å². The molecule has 164 valence electrons. The summed E-state index contributed by atoms with van der Waals surface area (Å²) in [6.07, 6.45) is 3.98. The zero-order chi connectivity index (χ0) is 22.8. The van der Waals surface area contributed by atoms with Gasteiger partial charge in [-0.05, 0) is 70.0 Å². The van der Waals surface area contributed by atoms with E-state index in [-0.39, 0.29) is 10.8 Å². The van der Waals surface area contributed by atoms with Crippen molar-refractivity contribution in [3.05, 3.63) is 65.4 Å². The average Bonchev–Trinajstić information content (AvgIpc) is 2.68. The van der Waals surface area contributed by atoms with Crippen LogP contribution in [0, 0.1) is 17.8 Å². The highest BCUT2D eigenvalue weighted by Crippen LogP contribution is 2.51. The Bertz CT molecular complexity index is 1370. The van der Waals surface area contributed by atoms with Crippen molar-refractivity contribution >= 4 is 21.5 Å². The Balaban J connectivity index is 1.83. The van der Waals surface area contributed by atoms with E-state index in [0.717, 1.165) is 41.0 Å². The molecule has 0 fully saturated rings. The fraction of sp³-hybridized carbons (Fsp3) is 0.367. The SMILES string of the molecule is Cc1cnc2c3c(cc(CC(C)(C)C)cc13)Oc1c-2cc2ccccc2c1CC(C)(C)C. The largest absolute Gasteiger partial charge is 0.456 e. The lowest BCUT2D eigenvalue weighted by molar-refractivity contribution is 0.398. The van der Waals surface area contributed by atoms with Gasteiger partial charge in [0.2, 0.25) is 0 Å². The molecule has 3 aromatic carbocycles. The maximum absolute atomic E-state index is 6.80. The number of aromatic nitrogens is 1. The molecule has 1 aliphatic rings. The molecule has 0 spiro atoms. The van der Waals surface area contributed by atoms with Gasteiger partial charge >= 0.3 is 0 Å². The molecule has 0 amide bonds. The van der Waals surface area contributed by atoms with Gasteiger partial charge in [-0.25, -0.2) is 0 Å². The third kappa shape index (κ3) is 3.66. The lowest BCUT2D eigenvalue weighted by atomic mass is 9.83. The van der Waals surface area contributed by atoms with Crippen LogP contribution in [0.15, 0.2) is 48.7 Å². The molecule has 0 atom stereocenters. The average molecular weight is 424 g/mol. The zero-order valence-electron chi connectivity index (χ0n) is 20.4. The first-order valence-electron chi connectivity index (χ1n) is 11.7. The first kappa shape index (κ1) is 21.0. The molecule has 0 bridgehead atoms. The smallest absolute Gasteiger partial charge is 0.140 e. The molecule has 0 saturated heterocycles. The molecular weight excluding hydrogens is 390 g/mol. The van der Waals surface area contributed by atoms with Crippen molar-refractivity contribution in [1.82, 2.24) is 4.98 Å². The van der Waals surface area contributed by atoms with Crippen molar-refractivity contribution in [3.63, 3.8) is 0 Å². The van der Waals surface area contributed by atoms with Gasteiger partial charge in [0.15, 0.2) is 0 Å². The topological polar surface area (TPSA) is 22.1 Å². The summed E-state index contributed by atoms with van der Waals surface area (Å²) in [6, 6.07) is 15.5. The Morgan fingerprint density at radius 2 is 1.56 bits per heavy atom. The van der Waals surface area contributed by atoms with E-state index >= 15 is 0 Å². The van der Waals surface area contributed by atoms with Gasteiger partial charge in [0.25, 0.3) is 0 Å². The number of hydrogen-bond acceptors (Lipinski definition) is 2. The van der Waals surface area contributed by atoms with Gasteiger partial charge in [0.1, 0.15) is 11.5 Å². The Hall–Kier alpha value is -2.87. The highest BCUT2D eigenvalue weighted by molar-refractivity contribution is 6.06. The second-order valence-electron chi connectivity index (χ2n) is 11.8. The minimum absolute atomic E-state index is 0.144. The van der Waals surface area contributed by atoms with Gasteiger partial charge in [-0.15, -0.1) is 0 Å². The van der Waals surface area contributed by atoms with Crippen LogP contribution in [0.2, 0.25) is 0 Å². The molecule has 0 radical (unpaired) electrons. The van der Waals surface area contributed by atoms with Crippen LogP contribution in [0.5, 0.6) is 11.5 Å². The summed E-state index contributed by atoms with van der Waals surface area (Å²) in [7, 11) is 0. The predicted octanol–water partition coefficient (Wildman–Crippen LogP) is 8.65. The lowest BCUT2D eigenvalue weighted by Crippen LogP contribution is -2.13. The van der Waals surface area contributed by atoms with Gasteiger partial charge < -0.3 is 4.74 Å². The van der Waals surface area contributed by atoms with E-state index in [0.29, 0.717) is 0 Å². The molecular formula is C30H33NO. The van der Waals surface area contributed by atoms with Crippen LogP contribution >= 0.6 is 0 Å². The second-order valence-corrected chi connectivity index (χ2v) is 11.8. The number of ether oxygens (including phenoxy) is 1. The van der Waals surface area contributed by atoms with Crippen molar-refractivity contribution in [3.8, 4) is 22.8 Å². The summed E-state index contributed by atoms with van der Waals surface area (Å²) in [4.78, 5) is 4.95. The van der Waals surface area contributed by atoms with E-state index in [4.69, 9.17) is 9.72 Å². The Labute approximate surface area is 191 Å². The molecule has 0 saturated carbocycles. The van der Waals surface area contributed by atoms with Crippen LogP contribution in [0.4, 0.5) is 0 Å². The first-order valence-corrected chi connectivity index (χ1v) is 11.7. The predicted molar refractivity (Wildman–Crippen MR) is 136 cm³/mol. The van der Waals surface area contributed by atoms with Gasteiger partial charge in [-0.2, -0.15) is 0 Å². The monoisotopic (exact) mass is 423 g/mol. The maximum atomic E-state index is 6.80. The molecule has 1 aliphatic heterocycles. The number of rotatable bonds is 2. The summed E-state index contributed by atoms with van der Waals surface area (Å²) < 4.78 is 6.80. The summed E-state index contributed by atoms with van der Waals surface area (Å²) in [6.45, 7) is 15.9. The van der Waals surface area contributed by atoms with E-state index in [1.165, 1.54) is 32.8 Å². The number of pyridine rings is 1. The molecule has 2 nitrogen and oxygen atoms in total. The summed E-state index contributed by atoms with van der Waals surface area (Å²) in [5.74, 6) is 1.93. The highest BCUT2D eigenvalue weighted by Gasteiger charge is 2.28. The van der Waals surface area contributed by atoms with Gasteiger partial charge in [0, 0.05) is 17.3 Å². The third-order valence-electron chi connectivity index (χ3n) is 6.22. The Morgan fingerprint density at radius 1 is 0.844 bits per heavy atom. The minimum Gasteiger partial charge on any atom is -0.456 e. The molecule has 32 heavy (non-hydrogen) atoms. The molecule has 5 rings (SSSR count). The molecule has 2 heteroatoms. The fourth-order valence-corrected chi connectivity index (χ4v) is 5.03. The zero-order valence-corrected chi connectivity index (χ0v) is 20.4. The first-order chi connectivity index (χ1) is 15.0. The third-order valence-corrected chi connectivity index (χ3v) is 6.22. The van der Waals surface area contributed by atoms with Gasteiger partial charge in [-0.1, -0.05) is 71.9 Å². The number of nitrogens with zero attached hydrogens (tertiary/aromatic N) is 1. The lowest BCUT2D eigenvalue weighted by Gasteiger charge is -2.28. The van der Waals surface area contributed by atoms with Crippen molar-refractivity contribution in [2.24, 2.45) is 10.8 Å². The number of benzene rings is 3. The van der Waals surface area contributed by atoms with E-state index in [9.17, 15) is 0 Å². The van der Waals surface area contributed by atoms with Crippen LogP contribution in [0.25, 0.3) is 32.8 Å². The second kappa shape index (κ2) is 7.07. The van der Waals surface area contributed by atoms with E-state index in [2.05, 4.69) is 90.9 Å². The van der Waals surface area contributed by atoms with Crippen LogP contribution in [0.3, 0.4) is 0 Å². The molecule has 1 aromatic heterocycles. The van der Waals surface area contributed by atoms with Crippen LogP contribution in [-0.2, 0) is 12.8 Å². The van der Waals surface area contributed by atoms with Crippen molar-refractivity contribution in [1.29, 1.82) is 0 Å². The summed E-state index contributed by atoms with van der Waals surface area (Å²) in [5, 5.41) is 4.92. The van der Waals surface area contributed by atoms with Crippen LogP contribution in [0.1, 0.15) is 58.2 Å². The van der Waals surface area contributed by atoms with Gasteiger partial charge in [0.05, 0.1) is 11.1 Å². The fourth-order valence-electron chi connectivity index (χ4n) is 5.03. The molecule has 0 aliphatic carbocycles. The van der Waals surface area contributed by atoms with Crippen LogP contribution in [-0.4, -0.2) is 4.98 Å². The molecule has 0 N–H and O–H groups in total. The highest BCUT2D eigenvalue weighted by atomic mass is 16.5. The summed E-state index contributed by atoms with van der Waals surface area (Å²) in [5.41, 5.74) is 6.32.